The summed E-state index contributed by atoms with van der Waals surface area (Å²) in [4.78, 5) is 4.70. The van der Waals surface area contributed by atoms with E-state index in [1.807, 2.05) is 24.3 Å². The van der Waals surface area contributed by atoms with E-state index in [1.165, 1.54) is 5.56 Å². The maximum absolute atomic E-state index is 6.36. The van der Waals surface area contributed by atoms with Gasteiger partial charge in [0.2, 0.25) is 11.0 Å². The first-order valence-electron chi connectivity index (χ1n) is 10.5. The molecule has 156 valence electrons. The van der Waals surface area contributed by atoms with Crippen molar-refractivity contribution in [3.63, 3.8) is 0 Å². The van der Waals surface area contributed by atoms with Crippen LogP contribution in [-0.2, 0) is 5.41 Å². The number of para-hydroxylation sites is 1. The van der Waals surface area contributed by atoms with E-state index in [2.05, 4.69) is 67.5 Å². The summed E-state index contributed by atoms with van der Waals surface area (Å²) in [6.07, 6.45) is 1.91. The van der Waals surface area contributed by atoms with Crippen LogP contribution in [0.3, 0.4) is 0 Å². The van der Waals surface area contributed by atoms with Gasteiger partial charge in [-0.3, -0.25) is 0 Å². The lowest BCUT2D eigenvalue weighted by molar-refractivity contribution is 0.225. The second-order valence-corrected chi connectivity index (χ2v) is 9.57. The zero-order chi connectivity index (χ0) is 21.1. The molecule has 0 saturated carbocycles. The van der Waals surface area contributed by atoms with Gasteiger partial charge in [0.25, 0.3) is 0 Å². The van der Waals surface area contributed by atoms with Gasteiger partial charge in [-0.1, -0.05) is 88.3 Å². The molecule has 1 aliphatic rings. The quantitative estimate of drug-likeness (QED) is 0.390. The van der Waals surface area contributed by atoms with Gasteiger partial charge in [0.05, 0.1) is 0 Å². The summed E-state index contributed by atoms with van der Waals surface area (Å²) < 4.78 is 6.36. The van der Waals surface area contributed by atoms with Crippen LogP contribution in [-0.4, -0.2) is 20.9 Å². The molecule has 30 heavy (non-hydrogen) atoms. The number of nitrogens with one attached hydrogen (secondary N) is 1. The first kappa shape index (κ1) is 20.7. The summed E-state index contributed by atoms with van der Waals surface area (Å²) in [5.41, 5.74) is 5.03. The highest BCUT2D eigenvalue weighted by atomic mass is 32.2. The summed E-state index contributed by atoms with van der Waals surface area (Å²) in [5, 5.41) is 13.0. The van der Waals surface area contributed by atoms with Crippen LogP contribution in [0.25, 0.3) is 11.3 Å². The van der Waals surface area contributed by atoms with E-state index in [-0.39, 0.29) is 11.6 Å². The molecule has 0 fully saturated rings. The predicted molar refractivity (Wildman–Crippen MR) is 123 cm³/mol. The van der Waals surface area contributed by atoms with Crippen molar-refractivity contribution in [2.75, 3.05) is 11.1 Å². The number of anilines is 1. The maximum atomic E-state index is 6.36. The highest BCUT2D eigenvalue weighted by Crippen LogP contribution is 2.39. The van der Waals surface area contributed by atoms with Crippen LogP contribution in [0.15, 0.2) is 53.7 Å². The molecule has 2 aromatic carbocycles. The number of hydrogen-bond acceptors (Lipinski definition) is 6. The molecule has 1 aliphatic heterocycles. The molecule has 0 bridgehead atoms. The van der Waals surface area contributed by atoms with E-state index in [0.29, 0.717) is 16.7 Å². The van der Waals surface area contributed by atoms with Crippen LogP contribution in [0.1, 0.15) is 57.9 Å². The zero-order valence-corrected chi connectivity index (χ0v) is 18.8. The number of ether oxygens (including phenoxy) is 1. The Kier molecular flexibility index (Phi) is 5.95. The summed E-state index contributed by atoms with van der Waals surface area (Å²) in [6.45, 7) is 8.83. The largest absolute Gasteiger partial charge is 0.448 e. The smallest absolute Gasteiger partial charge is 0.247 e. The number of benzene rings is 2. The number of fused-ring (bicyclic) bond motifs is 3. The van der Waals surface area contributed by atoms with Crippen molar-refractivity contribution >= 4 is 17.4 Å². The lowest BCUT2D eigenvalue weighted by atomic mass is 9.86. The number of rotatable bonds is 5. The summed E-state index contributed by atoms with van der Waals surface area (Å²) >= 11 is 1.62. The molecule has 6 heteroatoms. The SMILES string of the molecule is CCCCSc1nnc2c(n1)OC(c1ccc(C(C)(C)C)cc1)Nc1ccccc1-2. The number of hydrogen-bond donors (Lipinski definition) is 1. The minimum absolute atomic E-state index is 0.108. The summed E-state index contributed by atoms with van der Waals surface area (Å²) in [7, 11) is 0. The van der Waals surface area contributed by atoms with Crippen molar-refractivity contribution < 1.29 is 4.74 Å². The Bertz CT molecular complexity index is 1010. The van der Waals surface area contributed by atoms with Gasteiger partial charge in [0, 0.05) is 22.6 Å². The Hall–Kier alpha value is -2.60. The Morgan fingerprint density at radius 2 is 1.80 bits per heavy atom. The Morgan fingerprint density at radius 3 is 2.53 bits per heavy atom. The Balaban J connectivity index is 1.70. The van der Waals surface area contributed by atoms with E-state index >= 15 is 0 Å². The van der Waals surface area contributed by atoms with Gasteiger partial charge in [-0.25, -0.2) is 0 Å². The average Bonchev–Trinajstić information content (AvgIpc) is 2.90. The topological polar surface area (TPSA) is 59.9 Å². The maximum Gasteiger partial charge on any atom is 0.247 e. The van der Waals surface area contributed by atoms with Gasteiger partial charge in [0.1, 0.15) is 0 Å². The predicted octanol–water partition coefficient (Wildman–Crippen LogP) is 6.23. The minimum Gasteiger partial charge on any atom is -0.448 e. The third-order valence-electron chi connectivity index (χ3n) is 5.14. The molecule has 1 N–H and O–H groups in total. The molecule has 0 spiro atoms. The van der Waals surface area contributed by atoms with Crippen LogP contribution >= 0.6 is 11.8 Å². The molecule has 2 heterocycles. The second-order valence-electron chi connectivity index (χ2n) is 8.51. The summed E-state index contributed by atoms with van der Waals surface area (Å²) in [5.74, 6) is 1.50. The van der Waals surface area contributed by atoms with E-state index in [9.17, 15) is 0 Å². The molecule has 1 atom stereocenters. The van der Waals surface area contributed by atoms with Crippen molar-refractivity contribution in [3.8, 4) is 17.1 Å². The van der Waals surface area contributed by atoms with Crippen molar-refractivity contribution in [1.82, 2.24) is 15.2 Å². The first-order chi connectivity index (χ1) is 14.5. The van der Waals surface area contributed by atoms with E-state index in [4.69, 9.17) is 9.72 Å². The molecule has 5 nitrogen and oxygen atoms in total. The summed E-state index contributed by atoms with van der Waals surface area (Å²) in [6, 6.07) is 16.6. The molecule has 3 aromatic rings. The van der Waals surface area contributed by atoms with E-state index in [1.54, 1.807) is 11.8 Å². The number of aromatic nitrogens is 3. The van der Waals surface area contributed by atoms with Crippen LogP contribution in [0.5, 0.6) is 5.88 Å². The van der Waals surface area contributed by atoms with E-state index < -0.39 is 0 Å². The van der Waals surface area contributed by atoms with Gasteiger partial charge in [-0.2, -0.15) is 4.98 Å². The van der Waals surface area contributed by atoms with Crippen LogP contribution in [0, 0.1) is 0 Å². The lowest BCUT2D eigenvalue weighted by Gasteiger charge is -2.22. The molecule has 0 radical (unpaired) electrons. The molecular weight excluding hydrogens is 392 g/mol. The van der Waals surface area contributed by atoms with Crippen molar-refractivity contribution in [3.05, 3.63) is 59.7 Å². The fraction of sp³-hybridized carbons (Fsp3) is 0.375. The van der Waals surface area contributed by atoms with Gasteiger partial charge in [0.15, 0.2) is 11.9 Å². The third kappa shape index (κ3) is 4.43. The number of thioether (sulfide) groups is 1. The monoisotopic (exact) mass is 420 g/mol. The molecule has 4 rings (SSSR count). The van der Waals surface area contributed by atoms with E-state index in [0.717, 1.165) is 35.4 Å². The van der Waals surface area contributed by atoms with Crippen molar-refractivity contribution in [2.24, 2.45) is 0 Å². The molecule has 0 saturated heterocycles. The average molecular weight is 421 g/mol. The third-order valence-corrected chi connectivity index (χ3v) is 6.07. The number of unbranched alkanes of at least 4 members (excludes halogenated alkanes) is 1. The molecule has 1 aromatic heterocycles. The number of nitrogens with zero attached hydrogens (tertiary/aromatic N) is 3. The molecule has 0 aliphatic carbocycles. The standard InChI is InChI=1S/C24H28N4OS/c1-5-6-15-30-23-26-22-20(27-28-23)18-9-7-8-10-19(18)25-21(29-22)16-11-13-17(14-12-16)24(2,3)4/h7-14,21,25H,5-6,15H2,1-4H3. The lowest BCUT2D eigenvalue weighted by Crippen LogP contribution is -2.18. The fourth-order valence-electron chi connectivity index (χ4n) is 3.32. The van der Waals surface area contributed by atoms with Crippen LogP contribution in [0.4, 0.5) is 5.69 Å². The van der Waals surface area contributed by atoms with Gasteiger partial charge in [-0.15, -0.1) is 10.2 Å². The van der Waals surface area contributed by atoms with Crippen LogP contribution < -0.4 is 10.1 Å². The van der Waals surface area contributed by atoms with Gasteiger partial charge >= 0.3 is 0 Å². The highest BCUT2D eigenvalue weighted by Gasteiger charge is 2.26. The normalized spacial score (nSPS) is 15.4. The Labute approximate surface area is 182 Å². The fourth-order valence-corrected chi connectivity index (χ4v) is 4.19. The van der Waals surface area contributed by atoms with Crippen molar-refractivity contribution in [2.45, 2.75) is 57.3 Å². The zero-order valence-electron chi connectivity index (χ0n) is 18.0. The highest BCUT2D eigenvalue weighted by molar-refractivity contribution is 7.99. The molecule has 0 amide bonds. The Morgan fingerprint density at radius 1 is 1.03 bits per heavy atom. The van der Waals surface area contributed by atoms with Crippen LogP contribution in [0.2, 0.25) is 0 Å². The minimum atomic E-state index is -0.355. The molecular formula is C24H28N4OS. The van der Waals surface area contributed by atoms with Gasteiger partial charge in [-0.05, 0) is 23.5 Å². The first-order valence-corrected chi connectivity index (χ1v) is 11.4. The second kappa shape index (κ2) is 8.64. The molecule has 1 unspecified atom stereocenters. The van der Waals surface area contributed by atoms with Gasteiger partial charge < -0.3 is 10.1 Å². The van der Waals surface area contributed by atoms with Crippen molar-refractivity contribution in [1.29, 1.82) is 0 Å².